The third-order valence-corrected chi connectivity index (χ3v) is 2.86. The fourth-order valence-corrected chi connectivity index (χ4v) is 1.79. The molecule has 1 fully saturated rings. The first-order valence-electron chi connectivity index (χ1n) is 5.51. The number of hydrogen-bond acceptors (Lipinski definition) is 4. The molecule has 0 saturated carbocycles. The zero-order valence-electron chi connectivity index (χ0n) is 9.86. The standard InChI is InChI=1S/C11H17N3O2/c1-7(2)14-10(9(16-3)6-13-14)11(15)8-4-12-5-8/h6-8,12H,4-5H2,1-3H3. The Bertz CT molecular complexity index is 394. The van der Waals surface area contributed by atoms with Crippen molar-refractivity contribution in [3.8, 4) is 5.75 Å². The quantitative estimate of drug-likeness (QED) is 0.770. The van der Waals surface area contributed by atoms with E-state index < -0.39 is 0 Å². The summed E-state index contributed by atoms with van der Waals surface area (Å²) in [4.78, 5) is 12.2. The van der Waals surface area contributed by atoms with Crippen molar-refractivity contribution in [1.29, 1.82) is 0 Å². The smallest absolute Gasteiger partial charge is 0.190 e. The number of Topliss-reactive ketones (excluding diaryl/α,β-unsaturated/α-hetero) is 1. The molecule has 88 valence electrons. The van der Waals surface area contributed by atoms with Crippen molar-refractivity contribution in [2.45, 2.75) is 19.9 Å². The predicted octanol–water partition coefficient (Wildman–Crippen LogP) is 0.875. The summed E-state index contributed by atoms with van der Waals surface area (Å²) < 4.78 is 6.93. The number of ketones is 1. The van der Waals surface area contributed by atoms with Gasteiger partial charge in [0.25, 0.3) is 0 Å². The Morgan fingerprint density at radius 2 is 2.31 bits per heavy atom. The Balaban J connectivity index is 2.35. The zero-order chi connectivity index (χ0) is 11.7. The van der Waals surface area contributed by atoms with Gasteiger partial charge in [-0.3, -0.25) is 9.48 Å². The van der Waals surface area contributed by atoms with Gasteiger partial charge in [0.15, 0.2) is 11.5 Å². The highest BCUT2D eigenvalue weighted by Gasteiger charge is 2.31. The summed E-state index contributed by atoms with van der Waals surface area (Å²) >= 11 is 0. The van der Waals surface area contributed by atoms with Gasteiger partial charge < -0.3 is 10.1 Å². The van der Waals surface area contributed by atoms with Crippen LogP contribution in [0.3, 0.4) is 0 Å². The first kappa shape index (κ1) is 11.1. The Kier molecular flexibility index (Phi) is 2.96. The molecule has 2 heterocycles. The molecule has 1 aromatic rings. The van der Waals surface area contributed by atoms with Crippen molar-refractivity contribution in [2.24, 2.45) is 5.92 Å². The highest BCUT2D eigenvalue weighted by molar-refractivity contribution is 5.99. The van der Waals surface area contributed by atoms with Gasteiger partial charge in [-0.1, -0.05) is 0 Å². The van der Waals surface area contributed by atoms with E-state index in [1.54, 1.807) is 18.0 Å². The molecule has 0 aromatic carbocycles. The average Bonchev–Trinajstić information content (AvgIpc) is 2.57. The monoisotopic (exact) mass is 223 g/mol. The van der Waals surface area contributed by atoms with Crippen LogP contribution in [0, 0.1) is 5.92 Å². The van der Waals surface area contributed by atoms with Gasteiger partial charge in [0.05, 0.1) is 13.3 Å². The van der Waals surface area contributed by atoms with E-state index in [4.69, 9.17) is 4.74 Å². The van der Waals surface area contributed by atoms with Crippen molar-refractivity contribution in [1.82, 2.24) is 15.1 Å². The van der Waals surface area contributed by atoms with Crippen LogP contribution < -0.4 is 10.1 Å². The molecule has 2 rings (SSSR count). The molecule has 5 heteroatoms. The molecule has 1 aliphatic heterocycles. The highest BCUT2D eigenvalue weighted by atomic mass is 16.5. The lowest BCUT2D eigenvalue weighted by Crippen LogP contribution is -2.47. The van der Waals surface area contributed by atoms with E-state index in [9.17, 15) is 4.79 Å². The maximum Gasteiger partial charge on any atom is 0.190 e. The zero-order valence-corrected chi connectivity index (χ0v) is 9.86. The summed E-state index contributed by atoms with van der Waals surface area (Å²) in [5.74, 6) is 0.774. The first-order chi connectivity index (χ1) is 7.65. The van der Waals surface area contributed by atoms with E-state index >= 15 is 0 Å². The minimum absolute atomic E-state index is 0.0723. The maximum absolute atomic E-state index is 12.2. The highest BCUT2D eigenvalue weighted by Crippen LogP contribution is 2.25. The number of nitrogens with zero attached hydrogens (tertiary/aromatic N) is 2. The summed E-state index contributed by atoms with van der Waals surface area (Å²) in [5, 5.41) is 7.30. The molecule has 0 aliphatic carbocycles. The number of carbonyl (C=O) groups excluding carboxylic acids is 1. The fourth-order valence-electron chi connectivity index (χ4n) is 1.79. The molecular weight excluding hydrogens is 206 g/mol. The van der Waals surface area contributed by atoms with Crippen LogP contribution in [0.25, 0.3) is 0 Å². The van der Waals surface area contributed by atoms with Crippen LogP contribution in [0.4, 0.5) is 0 Å². The van der Waals surface area contributed by atoms with Gasteiger partial charge in [-0.2, -0.15) is 5.10 Å². The van der Waals surface area contributed by atoms with E-state index in [-0.39, 0.29) is 17.7 Å². The predicted molar refractivity (Wildman–Crippen MR) is 59.9 cm³/mol. The van der Waals surface area contributed by atoms with E-state index in [0.29, 0.717) is 11.4 Å². The molecule has 5 nitrogen and oxygen atoms in total. The van der Waals surface area contributed by atoms with Crippen molar-refractivity contribution in [3.05, 3.63) is 11.9 Å². The second-order valence-electron chi connectivity index (χ2n) is 4.32. The molecule has 1 saturated heterocycles. The van der Waals surface area contributed by atoms with E-state index in [2.05, 4.69) is 10.4 Å². The SMILES string of the molecule is COc1cnn(C(C)C)c1C(=O)C1CNC1. The average molecular weight is 223 g/mol. The second kappa shape index (κ2) is 4.25. The van der Waals surface area contributed by atoms with Crippen molar-refractivity contribution in [2.75, 3.05) is 20.2 Å². The van der Waals surface area contributed by atoms with Crippen LogP contribution in [-0.2, 0) is 0 Å². The van der Waals surface area contributed by atoms with Gasteiger partial charge in [0.2, 0.25) is 0 Å². The molecule has 1 aromatic heterocycles. The molecule has 16 heavy (non-hydrogen) atoms. The Morgan fingerprint density at radius 1 is 1.62 bits per heavy atom. The lowest BCUT2D eigenvalue weighted by molar-refractivity contribution is 0.0861. The van der Waals surface area contributed by atoms with Crippen LogP contribution in [-0.4, -0.2) is 35.8 Å². The minimum atomic E-state index is 0.0723. The van der Waals surface area contributed by atoms with Gasteiger partial charge in [-0.05, 0) is 13.8 Å². The third-order valence-electron chi connectivity index (χ3n) is 2.86. The molecule has 0 unspecified atom stereocenters. The molecular formula is C11H17N3O2. The Morgan fingerprint density at radius 3 is 2.75 bits per heavy atom. The number of methoxy groups -OCH3 is 1. The van der Waals surface area contributed by atoms with E-state index in [1.807, 2.05) is 13.8 Å². The maximum atomic E-state index is 12.2. The van der Waals surface area contributed by atoms with Crippen molar-refractivity contribution < 1.29 is 9.53 Å². The molecule has 1 aliphatic rings. The Labute approximate surface area is 94.8 Å². The van der Waals surface area contributed by atoms with Crippen molar-refractivity contribution in [3.63, 3.8) is 0 Å². The van der Waals surface area contributed by atoms with Crippen LogP contribution in [0.1, 0.15) is 30.4 Å². The van der Waals surface area contributed by atoms with Crippen molar-refractivity contribution >= 4 is 5.78 Å². The number of nitrogens with one attached hydrogen (secondary N) is 1. The normalized spacial score (nSPS) is 16.2. The lowest BCUT2D eigenvalue weighted by Gasteiger charge is -2.26. The first-order valence-corrected chi connectivity index (χ1v) is 5.51. The van der Waals surface area contributed by atoms with E-state index in [0.717, 1.165) is 13.1 Å². The van der Waals surface area contributed by atoms with Crippen LogP contribution in [0.5, 0.6) is 5.75 Å². The van der Waals surface area contributed by atoms with Gasteiger partial charge in [0, 0.05) is 25.0 Å². The van der Waals surface area contributed by atoms with Gasteiger partial charge in [0.1, 0.15) is 5.69 Å². The van der Waals surface area contributed by atoms with Crippen LogP contribution in [0.2, 0.25) is 0 Å². The number of aromatic nitrogens is 2. The third kappa shape index (κ3) is 1.71. The summed E-state index contributed by atoms with van der Waals surface area (Å²) in [5.41, 5.74) is 0.601. The summed E-state index contributed by atoms with van der Waals surface area (Å²) in [6, 6.07) is 0.163. The Hall–Kier alpha value is -1.36. The second-order valence-corrected chi connectivity index (χ2v) is 4.32. The lowest BCUT2D eigenvalue weighted by atomic mass is 9.95. The molecule has 0 amide bonds. The van der Waals surface area contributed by atoms with Crippen LogP contribution in [0.15, 0.2) is 6.20 Å². The number of carbonyl (C=O) groups is 1. The summed E-state index contributed by atoms with van der Waals surface area (Å²) in [6.45, 7) is 5.51. The number of ether oxygens (including phenoxy) is 1. The number of rotatable bonds is 4. The van der Waals surface area contributed by atoms with E-state index in [1.165, 1.54) is 0 Å². The largest absolute Gasteiger partial charge is 0.493 e. The fraction of sp³-hybridized carbons (Fsp3) is 0.636. The molecule has 1 N–H and O–H groups in total. The topological polar surface area (TPSA) is 56.2 Å². The van der Waals surface area contributed by atoms with Gasteiger partial charge in [-0.15, -0.1) is 0 Å². The van der Waals surface area contributed by atoms with Gasteiger partial charge in [-0.25, -0.2) is 0 Å². The minimum Gasteiger partial charge on any atom is -0.493 e. The molecule has 0 radical (unpaired) electrons. The van der Waals surface area contributed by atoms with Gasteiger partial charge >= 0.3 is 0 Å². The number of hydrogen-bond donors (Lipinski definition) is 1. The summed E-state index contributed by atoms with van der Waals surface area (Å²) in [6.07, 6.45) is 1.61. The van der Waals surface area contributed by atoms with Crippen LogP contribution >= 0.6 is 0 Å². The summed E-state index contributed by atoms with van der Waals surface area (Å²) in [7, 11) is 1.57. The molecule has 0 bridgehead atoms. The molecule has 0 atom stereocenters. The molecule has 0 spiro atoms.